The van der Waals surface area contributed by atoms with E-state index in [4.69, 9.17) is 16.3 Å². The van der Waals surface area contributed by atoms with Crippen molar-refractivity contribution < 1.29 is 9.53 Å². The third-order valence-corrected chi connectivity index (χ3v) is 4.38. The van der Waals surface area contributed by atoms with Crippen LogP contribution in [0.5, 0.6) is 5.75 Å². The Morgan fingerprint density at radius 2 is 1.65 bits per heavy atom. The summed E-state index contributed by atoms with van der Waals surface area (Å²) < 4.78 is 5.91. The lowest BCUT2D eigenvalue weighted by molar-refractivity contribution is 0.104. The molecule has 0 aliphatic heterocycles. The number of hydrogen-bond donors (Lipinski definition) is 0. The summed E-state index contributed by atoms with van der Waals surface area (Å²) in [5, 5.41) is 0.676. The van der Waals surface area contributed by atoms with Crippen LogP contribution in [0.4, 0.5) is 0 Å². The molecule has 3 rings (SSSR count). The van der Waals surface area contributed by atoms with Crippen LogP contribution in [0.2, 0.25) is 5.02 Å². The molecule has 3 heteroatoms. The monoisotopic (exact) mass is 362 g/mol. The van der Waals surface area contributed by atoms with E-state index >= 15 is 0 Å². The van der Waals surface area contributed by atoms with E-state index in [9.17, 15) is 4.79 Å². The number of rotatable bonds is 6. The number of carbonyl (C=O) groups excluding carboxylic acids is 1. The fourth-order valence-corrected chi connectivity index (χ4v) is 2.69. The maximum absolute atomic E-state index is 12.3. The van der Waals surface area contributed by atoms with Crippen LogP contribution in [0.1, 0.15) is 27.0 Å². The van der Waals surface area contributed by atoms with Crippen LogP contribution in [0.25, 0.3) is 6.08 Å². The van der Waals surface area contributed by atoms with Gasteiger partial charge in [0.1, 0.15) is 12.4 Å². The van der Waals surface area contributed by atoms with Gasteiger partial charge in [-0.25, -0.2) is 0 Å². The van der Waals surface area contributed by atoms with Gasteiger partial charge in [0, 0.05) is 21.7 Å². The quantitative estimate of drug-likeness (QED) is 0.390. The lowest BCUT2D eigenvalue weighted by atomic mass is 10.1. The predicted octanol–water partition coefficient (Wildman–Crippen LogP) is 6.12. The van der Waals surface area contributed by atoms with E-state index in [0.29, 0.717) is 22.9 Å². The molecule has 2 nitrogen and oxygen atoms in total. The molecule has 0 radical (unpaired) electrons. The normalized spacial score (nSPS) is 10.8. The molecule has 130 valence electrons. The third kappa shape index (κ3) is 4.62. The zero-order valence-corrected chi connectivity index (χ0v) is 15.2. The lowest BCUT2D eigenvalue weighted by Gasteiger charge is -2.10. The number of para-hydroxylation sites is 1. The van der Waals surface area contributed by atoms with E-state index < -0.39 is 0 Å². The molecule has 0 saturated carbocycles. The van der Waals surface area contributed by atoms with Crippen LogP contribution in [-0.4, -0.2) is 5.78 Å². The fraction of sp³-hybridized carbons (Fsp3) is 0.0870. The molecule has 3 aromatic rings. The average molecular weight is 363 g/mol. The van der Waals surface area contributed by atoms with E-state index in [2.05, 4.69) is 0 Å². The molecule has 0 spiro atoms. The Morgan fingerprint density at radius 1 is 0.962 bits per heavy atom. The van der Waals surface area contributed by atoms with Crippen LogP contribution in [0, 0.1) is 6.92 Å². The van der Waals surface area contributed by atoms with Crippen molar-refractivity contribution in [2.75, 3.05) is 0 Å². The fourth-order valence-electron chi connectivity index (χ4n) is 2.50. The second kappa shape index (κ2) is 8.50. The molecule has 0 aliphatic rings. The number of allylic oxidation sites excluding steroid dienone is 1. The minimum atomic E-state index is -0.0362. The number of aryl methyl sites for hydroxylation is 1. The highest BCUT2D eigenvalue weighted by Crippen LogP contribution is 2.23. The van der Waals surface area contributed by atoms with Crippen molar-refractivity contribution >= 4 is 23.5 Å². The second-order valence-corrected chi connectivity index (χ2v) is 6.39. The zero-order valence-electron chi connectivity index (χ0n) is 14.5. The van der Waals surface area contributed by atoms with Crippen LogP contribution in [0.15, 0.2) is 78.9 Å². The third-order valence-electron chi connectivity index (χ3n) is 4.01. The predicted molar refractivity (Wildman–Crippen MR) is 107 cm³/mol. The molecule has 0 heterocycles. The highest BCUT2D eigenvalue weighted by atomic mass is 35.5. The van der Waals surface area contributed by atoms with Crippen LogP contribution in [-0.2, 0) is 6.61 Å². The molecule has 0 fully saturated rings. The first-order valence-corrected chi connectivity index (χ1v) is 8.75. The van der Waals surface area contributed by atoms with Crippen molar-refractivity contribution in [1.29, 1.82) is 0 Å². The van der Waals surface area contributed by atoms with Gasteiger partial charge in [-0.2, -0.15) is 0 Å². The Labute approximate surface area is 158 Å². The van der Waals surface area contributed by atoms with E-state index in [1.54, 1.807) is 12.2 Å². The molecule has 0 bridgehead atoms. The molecule has 0 aliphatic carbocycles. The van der Waals surface area contributed by atoms with Gasteiger partial charge in [-0.3, -0.25) is 4.79 Å². The number of carbonyl (C=O) groups is 1. The Balaban J connectivity index is 1.73. The Kier molecular flexibility index (Phi) is 5.88. The molecule has 0 aromatic heterocycles. The molecule has 3 aromatic carbocycles. The summed E-state index contributed by atoms with van der Waals surface area (Å²) in [6.07, 6.45) is 3.35. The smallest absolute Gasteiger partial charge is 0.185 e. The van der Waals surface area contributed by atoms with E-state index in [1.807, 2.05) is 79.7 Å². The molecule has 26 heavy (non-hydrogen) atoms. The first-order valence-electron chi connectivity index (χ1n) is 8.38. The number of ketones is 1. The van der Waals surface area contributed by atoms with Gasteiger partial charge < -0.3 is 4.74 Å². The minimum Gasteiger partial charge on any atom is -0.488 e. The summed E-state index contributed by atoms with van der Waals surface area (Å²) >= 11 is 6.17. The zero-order chi connectivity index (χ0) is 18.4. The van der Waals surface area contributed by atoms with Crippen molar-refractivity contribution in [3.05, 3.63) is 106 Å². The maximum Gasteiger partial charge on any atom is 0.185 e. The Morgan fingerprint density at radius 3 is 2.42 bits per heavy atom. The lowest BCUT2D eigenvalue weighted by Crippen LogP contribution is -1.98. The topological polar surface area (TPSA) is 26.3 Å². The summed E-state index contributed by atoms with van der Waals surface area (Å²) in [5.41, 5.74) is 3.56. The van der Waals surface area contributed by atoms with Gasteiger partial charge in [0.25, 0.3) is 0 Å². The van der Waals surface area contributed by atoms with E-state index in [1.165, 1.54) is 0 Å². The van der Waals surface area contributed by atoms with Gasteiger partial charge in [0.05, 0.1) is 0 Å². The SMILES string of the molecule is Cc1ccc(C(=O)/C=C/c2ccccc2OCc2ccccc2Cl)cc1. The average Bonchev–Trinajstić information content (AvgIpc) is 2.66. The first-order chi connectivity index (χ1) is 12.6. The van der Waals surface area contributed by atoms with Gasteiger partial charge in [-0.15, -0.1) is 0 Å². The van der Waals surface area contributed by atoms with Crippen LogP contribution >= 0.6 is 11.6 Å². The molecule has 0 unspecified atom stereocenters. The van der Waals surface area contributed by atoms with E-state index in [-0.39, 0.29) is 5.78 Å². The molecular weight excluding hydrogens is 344 g/mol. The Bertz CT molecular complexity index is 927. The summed E-state index contributed by atoms with van der Waals surface area (Å²) in [5.74, 6) is 0.672. The number of hydrogen-bond acceptors (Lipinski definition) is 2. The molecular formula is C23H19ClO2. The van der Waals surface area contributed by atoms with Crippen molar-refractivity contribution in [1.82, 2.24) is 0 Å². The maximum atomic E-state index is 12.3. The molecule has 0 saturated heterocycles. The van der Waals surface area contributed by atoms with Gasteiger partial charge in [-0.1, -0.05) is 77.8 Å². The van der Waals surface area contributed by atoms with Crippen molar-refractivity contribution in [3.63, 3.8) is 0 Å². The highest BCUT2D eigenvalue weighted by molar-refractivity contribution is 6.31. The highest BCUT2D eigenvalue weighted by Gasteiger charge is 2.05. The van der Waals surface area contributed by atoms with Crippen LogP contribution < -0.4 is 4.74 Å². The minimum absolute atomic E-state index is 0.0362. The summed E-state index contributed by atoms with van der Waals surface area (Å²) in [6, 6.07) is 22.7. The molecule has 0 N–H and O–H groups in total. The first kappa shape index (κ1) is 18.0. The number of benzene rings is 3. The number of ether oxygens (including phenoxy) is 1. The van der Waals surface area contributed by atoms with Crippen LogP contribution in [0.3, 0.4) is 0 Å². The Hall–Kier alpha value is -2.84. The standard InChI is InChI=1S/C23H19ClO2/c1-17-10-12-18(13-11-17)22(25)15-14-19-6-3-5-9-23(19)26-16-20-7-2-4-8-21(20)24/h2-15H,16H2,1H3/b15-14+. The second-order valence-electron chi connectivity index (χ2n) is 5.98. The van der Waals surface area contributed by atoms with E-state index in [0.717, 1.165) is 16.7 Å². The van der Waals surface area contributed by atoms with Gasteiger partial charge in [0.15, 0.2) is 5.78 Å². The van der Waals surface area contributed by atoms with Crippen molar-refractivity contribution in [3.8, 4) is 5.75 Å². The summed E-state index contributed by atoms with van der Waals surface area (Å²) in [4.78, 5) is 12.3. The largest absolute Gasteiger partial charge is 0.488 e. The molecule has 0 atom stereocenters. The van der Waals surface area contributed by atoms with Gasteiger partial charge in [0.2, 0.25) is 0 Å². The van der Waals surface area contributed by atoms with Gasteiger partial charge >= 0.3 is 0 Å². The van der Waals surface area contributed by atoms with Gasteiger partial charge in [-0.05, 0) is 31.2 Å². The molecule has 0 amide bonds. The summed E-state index contributed by atoms with van der Waals surface area (Å²) in [6.45, 7) is 2.37. The van der Waals surface area contributed by atoms with Crippen molar-refractivity contribution in [2.24, 2.45) is 0 Å². The number of halogens is 1. The van der Waals surface area contributed by atoms with Crippen molar-refractivity contribution in [2.45, 2.75) is 13.5 Å². The summed E-state index contributed by atoms with van der Waals surface area (Å²) in [7, 11) is 0.